The van der Waals surface area contributed by atoms with Gasteiger partial charge in [0.25, 0.3) is 5.69 Å². The maximum atomic E-state index is 11.8. The number of alkyl halides is 1. The van der Waals surface area contributed by atoms with Gasteiger partial charge in [0.15, 0.2) is 5.78 Å². The van der Waals surface area contributed by atoms with Gasteiger partial charge in [-0.05, 0) is 6.92 Å². The molecule has 0 aliphatic carbocycles. The summed E-state index contributed by atoms with van der Waals surface area (Å²) in [6, 6.07) is 3.86. The van der Waals surface area contributed by atoms with E-state index < -0.39 is 22.4 Å². The van der Waals surface area contributed by atoms with E-state index in [0.717, 1.165) is 6.07 Å². The van der Waals surface area contributed by atoms with Gasteiger partial charge in [0.05, 0.1) is 11.5 Å². The quantitative estimate of drug-likeness (QED) is 0.264. The number of carbonyl (C=O) groups excluding carboxylic acids is 2. The van der Waals surface area contributed by atoms with Crippen LogP contribution < -0.4 is 0 Å². The van der Waals surface area contributed by atoms with Crippen LogP contribution in [0, 0.1) is 10.1 Å². The van der Waals surface area contributed by atoms with Crippen molar-refractivity contribution < 1.29 is 19.2 Å². The number of ether oxygens (including phenoxy) is 1. The number of hydrogen-bond acceptors (Lipinski definition) is 5. The molecule has 0 atom stereocenters. The van der Waals surface area contributed by atoms with Crippen molar-refractivity contribution in [3.05, 3.63) is 39.4 Å². The number of hydrogen-bond donors (Lipinski definition) is 0. The van der Waals surface area contributed by atoms with Crippen LogP contribution in [0.1, 0.15) is 34.1 Å². The summed E-state index contributed by atoms with van der Waals surface area (Å²) in [7, 11) is 0. The van der Waals surface area contributed by atoms with Crippen LogP contribution in [0.25, 0.3) is 0 Å². The summed E-state index contributed by atoms with van der Waals surface area (Å²) in [5, 5.41) is 10.9. The molecule has 7 heteroatoms. The first-order chi connectivity index (χ1) is 9.02. The molecule has 0 radical (unpaired) electrons. The number of Topliss-reactive ketones (excluding diaryl/α,β-unsaturated/α-hetero) is 1. The van der Waals surface area contributed by atoms with Crippen LogP contribution in [0.5, 0.6) is 0 Å². The maximum absolute atomic E-state index is 11.8. The Labute approximate surface area is 114 Å². The fraction of sp³-hybridized carbons (Fsp3) is 0.333. The number of nitro groups is 1. The van der Waals surface area contributed by atoms with Gasteiger partial charge in [-0.3, -0.25) is 14.9 Å². The normalized spacial score (nSPS) is 10.0. The van der Waals surface area contributed by atoms with Crippen molar-refractivity contribution in [1.29, 1.82) is 0 Å². The van der Waals surface area contributed by atoms with Gasteiger partial charge in [-0.2, -0.15) is 0 Å². The van der Waals surface area contributed by atoms with Crippen molar-refractivity contribution in [2.75, 3.05) is 12.5 Å². The van der Waals surface area contributed by atoms with Crippen LogP contribution in [0.15, 0.2) is 18.2 Å². The molecule has 0 N–H and O–H groups in total. The predicted molar refractivity (Wildman–Crippen MR) is 68.7 cm³/mol. The summed E-state index contributed by atoms with van der Waals surface area (Å²) in [5.41, 5.74) is -0.795. The molecule has 0 heterocycles. The molecule has 0 bridgehead atoms. The fourth-order valence-corrected chi connectivity index (χ4v) is 1.73. The number of nitrogens with zero attached hydrogens (tertiary/aromatic N) is 1. The molecule has 0 aromatic heterocycles. The van der Waals surface area contributed by atoms with Crippen LogP contribution >= 0.6 is 11.6 Å². The average Bonchev–Trinajstić information content (AvgIpc) is 2.38. The molecule has 0 fully saturated rings. The number of nitro benzene ring substituents is 1. The minimum absolute atomic E-state index is 0.00483. The number of halogens is 1. The molecule has 1 rings (SSSR count). The molecule has 1 aromatic carbocycles. The SMILES string of the molecule is CCOC(=O)c1c(C(=O)CCCl)cccc1[N+](=O)[O-]. The first-order valence-electron chi connectivity index (χ1n) is 5.56. The summed E-state index contributed by atoms with van der Waals surface area (Å²) in [6.07, 6.45) is -0.00483. The highest BCUT2D eigenvalue weighted by Crippen LogP contribution is 2.24. The van der Waals surface area contributed by atoms with Gasteiger partial charge in [-0.15, -0.1) is 11.6 Å². The average molecular weight is 286 g/mol. The topological polar surface area (TPSA) is 86.5 Å². The maximum Gasteiger partial charge on any atom is 0.345 e. The molecule has 102 valence electrons. The lowest BCUT2D eigenvalue weighted by atomic mass is 10.0. The highest BCUT2D eigenvalue weighted by molar-refractivity contribution is 6.20. The standard InChI is InChI=1S/C12H12ClNO5/c1-2-19-12(16)11-8(10(15)6-7-13)4-3-5-9(11)14(17)18/h3-5H,2,6-7H2,1H3. The van der Waals surface area contributed by atoms with E-state index >= 15 is 0 Å². The predicted octanol–water partition coefficient (Wildman–Crippen LogP) is 2.58. The highest BCUT2D eigenvalue weighted by Gasteiger charge is 2.27. The van der Waals surface area contributed by atoms with Gasteiger partial charge >= 0.3 is 5.97 Å². The second kappa shape index (κ2) is 6.84. The van der Waals surface area contributed by atoms with Crippen molar-refractivity contribution in [2.24, 2.45) is 0 Å². The second-order valence-electron chi connectivity index (χ2n) is 3.54. The molecule has 0 unspecified atom stereocenters. The van der Waals surface area contributed by atoms with Gasteiger partial charge in [0.1, 0.15) is 5.56 Å². The Morgan fingerprint density at radius 3 is 2.63 bits per heavy atom. The zero-order chi connectivity index (χ0) is 14.4. The first-order valence-corrected chi connectivity index (χ1v) is 6.10. The zero-order valence-corrected chi connectivity index (χ0v) is 11.0. The van der Waals surface area contributed by atoms with Crippen molar-refractivity contribution in [3.63, 3.8) is 0 Å². The number of carbonyl (C=O) groups is 2. The van der Waals surface area contributed by atoms with E-state index in [2.05, 4.69) is 0 Å². The molecular formula is C12H12ClNO5. The number of rotatable bonds is 6. The van der Waals surface area contributed by atoms with Crippen LogP contribution in [-0.4, -0.2) is 29.2 Å². The summed E-state index contributed by atoms with van der Waals surface area (Å²) < 4.78 is 4.76. The van der Waals surface area contributed by atoms with Crippen molar-refractivity contribution in [2.45, 2.75) is 13.3 Å². The minimum atomic E-state index is -0.882. The molecule has 1 aromatic rings. The molecular weight excluding hydrogens is 274 g/mol. The van der Waals surface area contributed by atoms with Gasteiger partial charge < -0.3 is 4.74 Å². The van der Waals surface area contributed by atoms with Crippen molar-refractivity contribution in [1.82, 2.24) is 0 Å². The van der Waals surface area contributed by atoms with Gasteiger partial charge in [-0.25, -0.2) is 4.79 Å². The Balaban J connectivity index is 3.37. The Morgan fingerprint density at radius 1 is 1.42 bits per heavy atom. The van der Waals surface area contributed by atoms with Crippen LogP contribution in [0.3, 0.4) is 0 Å². The third-order valence-electron chi connectivity index (χ3n) is 2.34. The van der Waals surface area contributed by atoms with E-state index in [1.165, 1.54) is 12.1 Å². The summed E-state index contributed by atoms with van der Waals surface area (Å²) in [5.74, 6) is -1.24. The van der Waals surface area contributed by atoms with E-state index in [-0.39, 0.29) is 30.0 Å². The monoisotopic (exact) mass is 285 g/mol. The minimum Gasteiger partial charge on any atom is -0.462 e. The fourth-order valence-electron chi connectivity index (χ4n) is 1.56. The van der Waals surface area contributed by atoms with E-state index in [9.17, 15) is 19.7 Å². The molecule has 0 amide bonds. The van der Waals surface area contributed by atoms with Crippen molar-refractivity contribution in [3.8, 4) is 0 Å². The van der Waals surface area contributed by atoms with E-state index in [1.54, 1.807) is 6.92 Å². The van der Waals surface area contributed by atoms with Gasteiger partial charge in [0, 0.05) is 23.9 Å². The summed E-state index contributed by atoms with van der Waals surface area (Å²) in [6.45, 7) is 1.64. The molecule has 0 aliphatic heterocycles. The molecule has 6 nitrogen and oxygen atoms in total. The highest BCUT2D eigenvalue weighted by atomic mass is 35.5. The van der Waals surface area contributed by atoms with Crippen LogP contribution in [0.2, 0.25) is 0 Å². The van der Waals surface area contributed by atoms with E-state index in [1.807, 2.05) is 0 Å². The third kappa shape index (κ3) is 3.51. The lowest BCUT2D eigenvalue weighted by Crippen LogP contribution is -2.14. The smallest absolute Gasteiger partial charge is 0.345 e. The second-order valence-corrected chi connectivity index (χ2v) is 3.92. The number of benzene rings is 1. The largest absolute Gasteiger partial charge is 0.462 e. The van der Waals surface area contributed by atoms with Crippen LogP contribution in [-0.2, 0) is 4.74 Å². The summed E-state index contributed by atoms with van der Waals surface area (Å²) >= 11 is 5.47. The Hall–Kier alpha value is -1.95. The Morgan fingerprint density at radius 2 is 2.11 bits per heavy atom. The lowest BCUT2D eigenvalue weighted by molar-refractivity contribution is -0.385. The Kier molecular flexibility index (Phi) is 5.44. The lowest BCUT2D eigenvalue weighted by Gasteiger charge is -2.08. The zero-order valence-electron chi connectivity index (χ0n) is 10.2. The molecule has 0 saturated heterocycles. The Bertz CT molecular complexity index is 515. The summed E-state index contributed by atoms with van der Waals surface area (Å²) in [4.78, 5) is 33.8. The van der Waals surface area contributed by atoms with E-state index in [4.69, 9.17) is 16.3 Å². The van der Waals surface area contributed by atoms with Gasteiger partial charge in [0.2, 0.25) is 0 Å². The van der Waals surface area contributed by atoms with Crippen molar-refractivity contribution >= 4 is 29.0 Å². The molecule has 0 aliphatic rings. The first kappa shape index (κ1) is 15.1. The number of ketones is 1. The van der Waals surface area contributed by atoms with Crippen LogP contribution in [0.4, 0.5) is 5.69 Å². The number of esters is 1. The molecule has 0 saturated carbocycles. The van der Waals surface area contributed by atoms with Gasteiger partial charge in [-0.1, -0.05) is 12.1 Å². The third-order valence-corrected chi connectivity index (χ3v) is 2.53. The molecule has 19 heavy (non-hydrogen) atoms. The molecule has 0 spiro atoms. The van der Waals surface area contributed by atoms with E-state index in [0.29, 0.717) is 0 Å².